The summed E-state index contributed by atoms with van der Waals surface area (Å²) in [6.45, 7) is 1.90. The summed E-state index contributed by atoms with van der Waals surface area (Å²) in [4.78, 5) is 14.4. The minimum Gasteiger partial charge on any atom is -0.497 e. The van der Waals surface area contributed by atoms with Gasteiger partial charge in [-0.15, -0.1) is 0 Å². The van der Waals surface area contributed by atoms with E-state index >= 15 is 0 Å². The van der Waals surface area contributed by atoms with Crippen molar-refractivity contribution in [1.82, 2.24) is 14.6 Å². The highest BCUT2D eigenvalue weighted by atomic mass is 31.2. The molecule has 1 unspecified atom stereocenters. The van der Waals surface area contributed by atoms with E-state index in [4.69, 9.17) is 33.7 Å². The molecule has 314 valence electrons. The van der Waals surface area contributed by atoms with E-state index in [1.165, 1.54) is 107 Å². The van der Waals surface area contributed by atoms with E-state index in [-0.39, 0.29) is 31.3 Å². The van der Waals surface area contributed by atoms with Crippen LogP contribution in [0.1, 0.15) is 127 Å². The van der Waals surface area contributed by atoms with Gasteiger partial charge in [0.1, 0.15) is 35.9 Å². The van der Waals surface area contributed by atoms with Crippen molar-refractivity contribution in [3.8, 4) is 12.0 Å². The molecule has 0 bridgehead atoms. The summed E-state index contributed by atoms with van der Waals surface area (Å²) in [6.07, 6.45) is 17.4. The number of nitrogens with two attached hydrogens (primary N) is 1. The molecule has 3 aromatic rings. The molecule has 0 aliphatic heterocycles. The van der Waals surface area contributed by atoms with E-state index in [9.17, 15) is 24.9 Å². The summed E-state index contributed by atoms with van der Waals surface area (Å²) < 4.78 is 46.7. The Morgan fingerprint density at radius 3 is 2.12 bits per heavy atom. The van der Waals surface area contributed by atoms with Crippen molar-refractivity contribution in [2.24, 2.45) is 0 Å². The summed E-state index contributed by atoms with van der Waals surface area (Å²) in [5.41, 5.74) is 7.18. The number of unbranched alkanes of at least 4 members (excludes halogenated alkanes) is 15. The number of aliphatic hydroxyl groups excluding tert-OH is 2. The number of ether oxygens (including phenoxy) is 4. The molecule has 0 fully saturated rings. The highest BCUT2D eigenvalue weighted by Crippen LogP contribution is 2.44. The summed E-state index contributed by atoms with van der Waals surface area (Å²) >= 11 is 0. The second-order valence-electron chi connectivity index (χ2n) is 14.1. The Kier molecular flexibility index (Phi) is 23.0. The SMILES string of the molecule is CCCCCCCCCCCCCCCCCCOC[C@H](COP(=O)(O)OC[C@@H](OC#N)[C@@H](O)[C@@H](O)c1ccc2c(N)ncnn12)OCc1cccc(OC)c1. The fourth-order valence-electron chi connectivity index (χ4n) is 6.32. The number of nitriles is 1. The second-order valence-corrected chi connectivity index (χ2v) is 15.6. The third kappa shape index (κ3) is 17.9. The smallest absolute Gasteiger partial charge is 0.472 e. The van der Waals surface area contributed by atoms with Crippen molar-refractivity contribution in [1.29, 1.82) is 5.26 Å². The van der Waals surface area contributed by atoms with Crippen molar-refractivity contribution >= 4 is 19.2 Å². The van der Waals surface area contributed by atoms with Crippen LogP contribution in [0.3, 0.4) is 0 Å². The maximum atomic E-state index is 12.9. The summed E-state index contributed by atoms with van der Waals surface area (Å²) in [6, 6.07) is 10.3. The predicted molar refractivity (Wildman–Crippen MR) is 213 cm³/mol. The Labute approximate surface area is 332 Å². The van der Waals surface area contributed by atoms with Gasteiger partial charge in [0.2, 0.25) is 0 Å². The lowest BCUT2D eigenvalue weighted by Gasteiger charge is -2.25. The molecule has 0 saturated heterocycles. The summed E-state index contributed by atoms with van der Waals surface area (Å²) in [7, 11) is -3.20. The molecule has 16 heteroatoms. The number of benzene rings is 1. The van der Waals surface area contributed by atoms with Gasteiger partial charge in [-0.25, -0.2) is 14.1 Å². The number of nitrogens with zero attached hydrogens (tertiary/aromatic N) is 4. The number of anilines is 1. The van der Waals surface area contributed by atoms with Gasteiger partial charge in [-0.2, -0.15) is 10.4 Å². The van der Waals surface area contributed by atoms with Gasteiger partial charge < -0.3 is 39.8 Å². The zero-order valence-corrected chi connectivity index (χ0v) is 34.1. The van der Waals surface area contributed by atoms with Gasteiger partial charge in [-0.1, -0.05) is 115 Å². The van der Waals surface area contributed by atoms with Crippen molar-refractivity contribution < 1.29 is 47.7 Å². The molecule has 5 atom stereocenters. The molecule has 0 spiro atoms. The van der Waals surface area contributed by atoms with Crippen LogP contribution in [-0.2, 0) is 34.4 Å². The van der Waals surface area contributed by atoms with Crippen LogP contribution >= 0.6 is 7.82 Å². The molecule has 5 N–H and O–H groups in total. The lowest BCUT2D eigenvalue weighted by atomic mass is 10.0. The number of nitrogen functional groups attached to an aromatic ring is 1. The van der Waals surface area contributed by atoms with Crippen molar-refractivity contribution in [3.63, 3.8) is 0 Å². The number of phosphoric ester groups is 1. The van der Waals surface area contributed by atoms with Gasteiger partial charge in [-0.05, 0) is 36.2 Å². The average Bonchev–Trinajstić information content (AvgIpc) is 3.64. The normalized spacial score (nSPS) is 14.9. The van der Waals surface area contributed by atoms with Crippen molar-refractivity contribution in [3.05, 3.63) is 54.0 Å². The summed E-state index contributed by atoms with van der Waals surface area (Å²) in [5.74, 6) is 0.812. The van der Waals surface area contributed by atoms with E-state index < -0.39 is 38.8 Å². The first kappa shape index (κ1) is 47.1. The van der Waals surface area contributed by atoms with Crippen LogP contribution in [0.2, 0.25) is 0 Å². The zero-order valence-electron chi connectivity index (χ0n) is 33.2. The third-order valence-electron chi connectivity index (χ3n) is 9.61. The third-order valence-corrected chi connectivity index (χ3v) is 10.6. The lowest BCUT2D eigenvalue weighted by molar-refractivity contribution is -0.0821. The van der Waals surface area contributed by atoms with Gasteiger partial charge in [0.25, 0.3) is 6.26 Å². The Balaban J connectivity index is 1.40. The van der Waals surface area contributed by atoms with E-state index in [0.717, 1.165) is 24.8 Å². The largest absolute Gasteiger partial charge is 0.497 e. The predicted octanol–water partition coefficient (Wildman–Crippen LogP) is 7.58. The Morgan fingerprint density at radius 1 is 0.875 bits per heavy atom. The first-order valence-electron chi connectivity index (χ1n) is 20.1. The molecule has 0 amide bonds. The quantitative estimate of drug-likeness (QED) is 0.0266. The Morgan fingerprint density at radius 2 is 1.50 bits per heavy atom. The Bertz CT molecular complexity index is 1590. The molecule has 2 aromatic heterocycles. The fourth-order valence-corrected chi connectivity index (χ4v) is 7.08. The first-order chi connectivity index (χ1) is 27.2. The van der Waals surface area contributed by atoms with E-state index in [1.54, 1.807) is 13.2 Å². The highest BCUT2D eigenvalue weighted by Gasteiger charge is 2.35. The van der Waals surface area contributed by atoms with Gasteiger partial charge in [0.15, 0.2) is 11.9 Å². The number of rotatable bonds is 33. The second kappa shape index (κ2) is 27.3. The molecule has 0 aliphatic rings. The average molecular weight is 806 g/mol. The lowest BCUT2D eigenvalue weighted by Crippen LogP contribution is -2.37. The first-order valence-corrected chi connectivity index (χ1v) is 21.6. The van der Waals surface area contributed by atoms with Crippen LogP contribution in [0.15, 0.2) is 42.7 Å². The molecule has 0 aliphatic carbocycles. The van der Waals surface area contributed by atoms with Gasteiger partial charge in [-0.3, -0.25) is 9.05 Å². The number of hydrogen-bond acceptors (Lipinski definition) is 13. The Hall–Kier alpha value is -3.32. The van der Waals surface area contributed by atoms with Crippen LogP contribution in [0.5, 0.6) is 5.75 Å². The minimum absolute atomic E-state index is 0.104. The number of fused-ring (bicyclic) bond motifs is 1. The van der Waals surface area contributed by atoms with Gasteiger partial charge in [0.05, 0.1) is 39.2 Å². The molecular formula is C40H64N5O10P. The van der Waals surface area contributed by atoms with Crippen LogP contribution < -0.4 is 10.5 Å². The number of hydrogen-bond donors (Lipinski definition) is 4. The van der Waals surface area contributed by atoms with Crippen LogP contribution in [0, 0.1) is 11.5 Å². The van der Waals surface area contributed by atoms with Gasteiger partial charge in [0, 0.05) is 6.61 Å². The summed E-state index contributed by atoms with van der Waals surface area (Å²) in [5, 5.41) is 35.0. The van der Waals surface area contributed by atoms with Crippen LogP contribution in [0.25, 0.3) is 5.52 Å². The molecule has 1 aromatic carbocycles. The highest BCUT2D eigenvalue weighted by molar-refractivity contribution is 7.47. The molecule has 15 nitrogen and oxygen atoms in total. The van der Waals surface area contributed by atoms with Gasteiger partial charge >= 0.3 is 7.82 Å². The molecule has 56 heavy (non-hydrogen) atoms. The standard InChI is InChI=1S/C40H64N5O10P/c1-3-4-5-6-7-8-9-10-11-12-13-14-15-16-17-18-24-51-27-34(52-26-32-20-19-21-33(25-32)50-2)28-54-56(48,49)55-29-37(53-30-41)39(47)38(46)35-22-23-36-40(42)43-31-44-45(35)36/h19-23,25,31,34,37-39,46-47H,3-18,24,26-29H2,1-2H3,(H,48,49)(H2,42,43,44)/t34-,37-,38+,39-/m1/s1. The van der Waals surface area contributed by atoms with E-state index in [1.807, 2.05) is 24.3 Å². The van der Waals surface area contributed by atoms with Crippen molar-refractivity contribution in [2.75, 3.05) is 39.3 Å². The maximum Gasteiger partial charge on any atom is 0.472 e. The number of phosphoric acid groups is 1. The van der Waals surface area contributed by atoms with Crippen LogP contribution in [0.4, 0.5) is 5.82 Å². The number of aromatic nitrogens is 3. The molecule has 0 saturated carbocycles. The zero-order chi connectivity index (χ0) is 40.4. The molecule has 3 rings (SSSR count). The van der Waals surface area contributed by atoms with Crippen molar-refractivity contribution in [2.45, 2.75) is 141 Å². The molecular weight excluding hydrogens is 741 g/mol. The maximum absolute atomic E-state index is 12.9. The number of methoxy groups -OCH3 is 1. The monoisotopic (exact) mass is 805 g/mol. The van der Waals surface area contributed by atoms with Crippen LogP contribution in [-0.4, -0.2) is 81.6 Å². The topological polar surface area (TPSA) is 213 Å². The number of aliphatic hydroxyl groups is 2. The molecule has 0 radical (unpaired) electrons. The molecule has 2 heterocycles. The van der Waals surface area contributed by atoms with E-state index in [0.29, 0.717) is 17.9 Å². The fraction of sp³-hybridized carbons (Fsp3) is 0.675. The van der Waals surface area contributed by atoms with E-state index in [2.05, 4.69) is 17.0 Å². The minimum atomic E-state index is -4.77.